The average Bonchev–Trinajstić information content (AvgIpc) is 2.80. The SMILES string of the molecule is Cc1nsc(NC(=O)N2CCCN(c3ccncc3)CC2)n1. The van der Waals surface area contributed by atoms with Crippen LogP contribution in [0, 0.1) is 6.92 Å². The molecular weight excluding hydrogens is 300 g/mol. The molecule has 0 unspecified atom stereocenters. The lowest BCUT2D eigenvalue weighted by Crippen LogP contribution is -2.38. The molecule has 2 amide bonds. The van der Waals surface area contributed by atoms with Crippen LogP contribution in [0.4, 0.5) is 15.6 Å². The van der Waals surface area contributed by atoms with Crippen LogP contribution in [-0.4, -0.2) is 51.5 Å². The fourth-order valence-corrected chi connectivity index (χ4v) is 3.02. The van der Waals surface area contributed by atoms with Crippen LogP contribution in [0.5, 0.6) is 0 Å². The molecule has 3 heterocycles. The van der Waals surface area contributed by atoms with Crippen molar-refractivity contribution in [2.75, 3.05) is 36.4 Å². The molecule has 3 rings (SSSR count). The van der Waals surface area contributed by atoms with Crippen molar-refractivity contribution >= 4 is 28.4 Å². The number of urea groups is 1. The molecule has 0 aliphatic carbocycles. The van der Waals surface area contributed by atoms with E-state index in [1.54, 1.807) is 12.4 Å². The molecule has 2 aromatic rings. The van der Waals surface area contributed by atoms with E-state index in [1.165, 1.54) is 11.5 Å². The Morgan fingerprint density at radius 3 is 2.77 bits per heavy atom. The molecule has 1 saturated heterocycles. The lowest BCUT2D eigenvalue weighted by atomic mass is 10.3. The van der Waals surface area contributed by atoms with Gasteiger partial charge in [-0.1, -0.05) is 0 Å². The fourth-order valence-electron chi connectivity index (χ4n) is 2.45. The minimum Gasteiger partial charge on any atom is -0.370 e. The van der Waals surface area contributed by atoms with Gasteiger partial charge in [0.1, 0.15) is 5.82 Å². The van der Waals surface area contributed by atoms with Crippen molar-refractivity contribution in [3.05, 3.63) is 30.4 Å². The van der Waals surface area contributed by atoms with Gasteiger partial charge in [0, 0.05) is 55.8 Å². The highest BCUT2D eigenvalue weighted by Crippen LogP contribution is 2.16. The van der Waals surface area contributed by atoms with E-state index in [9.17, 15) is 4.79 Å². The molecule has 116 valence electrons. The van der Waals surface area contributed by atoms with Crippen LogP contribution in [0.2, 0.25) is 0 Å². The molecule has 7 nitrogen and oxygen atoms in total. The number of anilines is 2. The van der Waals surface area contributed by atoms with Crippen LogP contribution in [0.1, 0.15) is 12.2 Å². The zero-order valence-corrected chi connectivity index (χ0v) is 13.2. The predicted molar refractivity (Wildman–Crippen MR) is 86.3 cm³/mol. The van der Waals surface area contributed by atoms with Gasteiger partial charge < -0.3 is 9.80 Å². The van der Waals surface area contributed by atoms with Gasteiger partial charge in [0.2, 0.25) is 5.13 Å². The number of nitrogens with one attached hydrogen (secondary N) is 1. The first-order chi connectivity index (χ1) is 10.7. The largest absolute Gasteiger partial charge is 0.370 e. The summed E-state index contributed by atoms with van der Waals surface area (Å²) in [5, 5.41) is 3.37. The molecule has 8 heteroatoms. The molecule has 0 bridgehead atoms. The van der Waals surface area contributed by atoms with Gasteiger partial charge in [-0.15, -0.1) is 0 Å². The summed E-state index contributed by atoms with van der Waals surface area (Å²) >= 11 is 1.21. The van der Waals surface area contributed by atoms with Crippen LogP contribution in [-0.2, 0) is 0 Å². The fraction of sp³-hybridized carbons (Fsp3) is 0.429. The quantitative estimate of drug-likeness (QED) is 0.916. The number of carbonyl (C=O) groups is 1. The van der Waals surface area contributed by atoms with Crippen LogP contribution < -0.4 is 10.2 Å². The van der Waals surface area contributed by atoms with Crippen LogP contribution >= 0.6 is 11.5 Å². The van der Waals surface area contributed by atoms with Gasteiger partial charge in [-0.05, 0) is 25.5 Å². The Bertz CT molecular complexity index is 631. The molecule has 22 heavy (non-hydrogen) atoms. The predicted octanol–water partition coefficient (Wildman–Crippen LogP) is 1.99. The van der Waals surface area contributed by atoms with Gasteiger partial charge in [-0.3, -0.25) is 10.3 Å². The number of aromatic nitrogens is 3. The number of amides is 2. The first-order valence-electron chi connectivity index (χ1n) is 7.23. The maximum atomic E-state index is 12.3. The number of rotatable bonds is 2. The molecule has 0 spiro atoms. The van der Waals surface area contributed by atoms with Gasteiger partial charge in [0.05, 0.1) is 0 Å². The first-order valence-corrected chi connectivity index (χ1v) is 8.01. The third kappa shape index (κ3) is 3.51. The monoisotopic (exact) mass is 318 g/mol. The van der Waals surface area contributed by atoms with Crippen molar-refractivity contribution in [1.29, 1.82) is 0 Å². The Hall–Kier alpha value is -2.22. The van der Waals surface area contributed by atoms with Crippen molar-refractivity contribution in [2.45, 2.75) is 13.3 Å². The van der Waals surface area contributed by atoms with Gasteiger partial charge in [-0.2, -0.15) is 4.37 Å². The van der Waals surface area contributed by atoms with Crippen molar-refractivity contribution in [3.8, 4) is 0 Å². The smallest absolute Gasteiger partial charge is 0.323 e. The summed E-state index contributed by atoms with van der Waals surface area (Å²) in [6.07, 6.45) is 4.52. The lowest BCUT2D eigenvalue weighted by molar-refractivity contribution is 0.215. The highest BCUT2D eigenvalue weighted by Gasteiger charge is 2.20. The summed E-state index contributed by atoms with van der Waals surface area (Å²) in [6, 6.07) is 3.90. The number of aryl methyl sites for hydroxylation is 1. The second-order valence-corrected chi connectivity index (χ2v) is 5.86. The number of carbonyl (C=O) groups excluding carboxylic acids is 1. The van der Waals surface area contributed by atoms with E-state index >= 15 is 0 Å². The minimum absolute atomic E-state index is 0.104. The number of hydrogen-bond donors (Lipinski definition) is 1. The maximum Gasteiger partial charge on any atom is 0.323 e. The highest BCUT2D eigenvalue weighted by molar-refractivity contribution is 7.09. The summed E-state index contributed by atoms with van der Waals surface area (Å²) in [5.74, 6) is 0.681. The van der Waals surface area contributed by atoms with Crippen LogP contribution in [0.25, 0.3) is 0 Å². The second-order valence-electron chi connectivity index (χ2n) is 5.11. The van der Waals surface area contributed by atoms with Crippen LogP contribution in [0.3, 0.4) is 0 Å². The number of hydrogen-bond acceptors (Lipinski definition) is 6. The Balaban J connectivity index is 1.59. The van der Waals surface area contributed by atoms with E-state index in [-0.39, 0.29) is 6.03 Å². The van der Waals surface area contributed by atoms with Gasteiger partial charge in [0.25, 0.3) is 0 Å². The van der Waals surface area contributed by atoms with E-state index in [0.29, 0.717) is 17.5 Å². The lowest BCUT2D eigenvalue weighted by Gasteiger charge is -2.23. The topological polar surface area (TPSA) is 74.2 Å². The minimum atomic E-state index is -0.104. The average molecular weight is 318 g/mol. The summed E-state index contributed by atoms with van der Waals surface area (Å²) < 4.78 is 4.07. The summed E-state index contributed by atoms with van der Waals surface area (Å²) in [6.45, 7) is 4.99. The summed E-state index contributed by atoms with van der Waals surface area (Å²) in [5.41, 5.74) is 1.15. The highest BCUT2D eigenvalue weighted by atomic mass is 32.1. The third-order valence-corrected chi connectivity index (χ3v) is 4.27. The molecule has 2 aromatic heterocycles. The molecule has 1 N–H and O–H groups in total. The molecule has 1 aliphatic heterocycles. The Kier molecular flexibility index (Phi) is 4.47. The van der Waals surface area contributed by atoms with Crippen molar-refractivity contribution in [2.24, 2.45) is 0 Å². The zero-order valence-electron chi connectivity index (χ0n) is 12.4. The van der Waals surface area contributed by atoms with Crippen molar-refractivity contribution in [3.63, 3.8) is 0 Å². The van der Waals surface area contributed by atoms with E-state index in [1.807, 2.05) is 24.0 Å². The molecular formula is C14H18N6OS. The standard InChI is InChI=1S/C14H18N6OS/c1-11-16-13(22-18-11)17-14(21)20-8-2-7-19(9-10-20)12-3-5-15-6-4-12/h3-6H,2,7-10H2,1H3,(H,16,17,18,21). The first kappa shape index (κ1) is 14.7. The molecule has 1 aliphatic rings. The van der Waals surface area contributed by atoms with E-state index < -0.39 is 0 Å². The Morgan fingerprint density at radius 2 is 2.05 bits per heavy atom. The van der Waals surface area contributed by atoms with Crippen molar-refractivity contribution in [1.82, 2.24) is 19.2 Å². The zero-order chi connectivity index (χ0) is 15.4. The summed E-state index contributed by atoms with van der Waals surface area (Å²) in [7, 11) is 0. The van der Waals surface area contributed by atoms with Crippen molar-refractivity contribution < 1.29 is 4.79 Å². The molecule has 0 aromatic carbocycles. The summed E-state index contributed by atoms with van der Waals surface area (Å²) in [4.78, 5) is 24.6. The molecule has 0 saturated carbocycles. The van der Waals surface area contributed by atoms with Gasteiger partial charge in [-0.25, -0.2) is 9.78 Å². The van der Waals surface area contributed by atoms with Crippen LogP contribution in [0.15, 0.2) is 24.5 Å². The molecule has 1 fully saturated rings. The van der Waals surface area contributed by atoms with E-state index in [2.05, 4.69) is 24.6 Å². The normalized spacial score (nSPS) is 15.5. The maximum absolute atomic E-state index is 12.3. The second kappa shape index (κ2) is 6.69. The number of nitrogens with zero attached hydrogens (tertiary/aromatic N) is 5. The molecule has 0 atom stereocenters. The molecule has 0 radical (unpaired) electrons. The number of pyridine rings is 1. The van der Waals surface area contributed by atoms with Gasteiger partial charge in [0.15, 0.2) is 0 Å². The van der Waals surface area contributed by atoms with E-state index in [4.69, 9.17) is 0 Å². The van der Waals surface area contributed by atoms with E-state index in [0.717, 1.165) is 31.7 Å². The Labute approximate surface area is 133 Å². The van der Waals surface area contributed by atoms with Gasteiger partial charge >= 0.3 is 6.03 Å². The Morgan fingerprint density at radius 1 is 1.23 bits per heavy atom. The third-order valence-electron chi connectivity index (χ3n) is 3.55.